The fraction of sp³-hybridized carbons (Fsp3) is 0.233. The third-order valence-electron chi connectivity index (χ3n) is 7.03. The molecule has 188 valence electrons. The van der Waals surface area contributed by atoms with E-state index in [-0.39, 0.29) is 36.1 Å². The molecule has 1 aliphatic rings. The summed E-state index contributed by atoms with van der Waals surface area (Å²) in [6, 6.07) is 23.7. The maximum absolute atomic E-state index is 14.3. The smallest absolute Gasteiger partial charge is 0.256 e. The standard InChI is InChI=1S/C30H29FN4O2/c1-32-28(36)17-25-20-34(30(37)27-19-33-18-23-10-5-6-13-26(23)27)14-15-35(25)29(21-8-3-2-4-9-21)22-11-7-12-24(31)16-22/h2-13,16,18-19,25,29H,14-15,17,20H2,1H3,(H,32,36)/t25-,29?/m1/s1. The highest BCUT2D eigenvalue weighted by Gasteiger charge is 2.36. The minimum Gasteiger partial charge on any atom is -0.359 e. The summed E-state index contributed by atoms with van der Waals surface area (Å²) in [5, 5.41) is 4.48. The van der Waals surface area contributed by atoms with E-state index < -0.39 is 0 Å². The van der Waals surface area contributed by atoms with Gasteiger partial charge in [-0.1, -0.05) is 66.7 Å². The van der Waals surface area contributed by atoms with Crippen LogP contribution in [0.3, 0.4) is 0 Å². The lowest BCUT2D eigenvalue weighted by molar-refractivity contribution is -0.122. The number of hydrogen-bond acceptors (Lipinski definition) is 4. The van der Waals surface area contributed by atoms with Gasteiger partial charge in [-0.2, -0.15) is 0 Å². The number of carbonyl (C=O) groups is 2. The number of hydrogen-bond donors (Lipinski definition) is 1. The number of carbonyl (C=O) groups excluding carboxylic acids is 2. The highest BCUT2D eigenvalue weighted by atomic mass is 19.1. The summed E-state index contributed by atoms with van der Waals surface area (Å²) in [4.78, 5) is 34.6. The first kappa shape index (κ1) is 24.6. The Hall–Kier alpha value is -4.10. The molecule has 2 heterocycles. The lowest BCUT2D eigenvalue weighted by atomic mass is 9.93. The number of rotatable bonds is 6. The van der Waals surface area contributed by atoms with E-state index in [2.05, 4.69) is 15.2 Å². The highest BCUT2D eigenvalue weighted by Crippen LogP contribution is 2.34. The molecule has 1 fully saturated rings. The Morgan fingerprint density at radius 3 is 2.51 bits per heavy atom. The Bertz CT molecular complexity index is 1410. The number of pyridine rings is 1. The van der Waals surface area contributed by atoms with E-state index in [0.717, 1.165) is 21.9 Å². The number of amides is 2. The van der Waals surface area contributed by atoms with Crippen LogP contribution < -0.4 is 5.32 Å². The van der Waals surface area contributed by atoms with Crippen LogP contribution in [-0.4, -0.2) is 59.3 Å². The molecule has 7 heteroatoms. The first-order valence-corrected chi connectivity index (χ1v) is 12.4. The van der Waals surface area contributed by atoms with Gasteiger partial charge in [0, 0.05) is 56.9 Å². The predicted molar refractivity (Wildman–Crippen MR) is 142 cm³/mol. The van der Waals surface area contributed by atoms with Crippen molar-refractivity contribution in [2.75, 3.05) is 26.7 Å². The van der Waals surface area contributed by atoms with E-state index in [1.807, 2.05) is 60.7 Å². The van der Waals surface area contributed by atoms with E-state index in [1.165, 1.54) is 6.07 Å². The fourth-order valence-corrected chi connectivity index (χ4v) is 5.24. The number of nitrogens with one attached hydrogen (secondary N) is 1. The van der Waals surface area contributed by atoms with Gasteiger partial charge in [-0.3, -0.25) is 19.5 Å². The van der Waals surface area contributed by atoms with Crippen molar-refractivity contribution in [3.05, 3.63) is 114 Å². The summed E-state index contributed by atoms with van der Waals surface area (Å²) in [5.74, 6) is -0.520. The SMILES string of the molecule is CNC(=O)C[C@@H]1CN(C(=O)c2cncc3ccccc23)CCN1C(c1ccccc1)c1cccc(F)c1. The zero-order valence-electron chi connectivity index (χ0n) is 20.7. The number of aromatic nitrogens is 1. The normalized spacial score (nSPS) is 16.9. The van der Waals surface area contributed by atoms with Crippen molar-refractivity contribution in [2.24, 2.45) is 0 Å². The third-order valence-corrected chi connectivity index (χ3v) is 7.03. The van der Waals surface area contributed by atoms with Gasteiger partial charge in [-0.05, 0) is 28.6 Å². The first-order valence-electron chi connectivity index (χ1n) is 12.4. The number of benzene rings is 3. The molecule has 6 nitrogen and oxygen atoms in total. The second-order valence-corrected chi connectivity index (χ2v) is 9.30. The topological polar surface area (TPSA) is 65.5 Å². The second-order valence-electron chi connectivity index (χ2n) is 9.30. The van der Waals surface area contributed by atoms with Crippen LogP contribution in [0.2, 0.25) is 0 Å². The van der Waals surface area contributed by atoms with Gasteiger partial charge in [0.25, 0.3) is 5.91 Å². The Morgan fingerprint density at radius 1 is 0.973 bits per heavy atom. The number of piperazine rings is 1. The maximum Gasteiger partial charge on any atom is 0.256 e. The Balaban J connectivity index is 1.50. The summed E-state index contributed by atoms with van der Waals surface area (Å²) in [5.41, 5.74) is 2.37. The largest absolute Gasteiger partial charge is 0.359 e. The van der Waals surface area contributed by atoms with Crippen LogP contribution >= 0.6 is 0 Å². The van der Waals surface area contributed by atoms with Gasteiger partial charge >= 0.3 is 0 Å². The summed E-state index contributed by atoms with van der Waals surface area (Å²) >= 11 is 0. The number of halogens is 1. The van der Waals surface area contributed by atoms with Gasteiger partial charge < -0.3 is 10.2 Å². The van der Waals surface area contributed by atoms with Crippen LogP contribution in [0.4, 0.5) is 4.39 Å². The summed E-state index contributed by atoms with van der Waals surface area (Å²) < 4.78 is 14.3. The minimum atomic E-state index is -0.307. The molecule has 1 unspecified atom stereocenters. The molecule has 4 aromatic rings. The van der Waals surface area contributed by atoms with Crippen molar-refractivity contribution < 1.29 is 14.0 Å². The molecule has 2 amide bonds. The first-order chi connectivity index (χ1) is 18.0. The van der Waals surface area contributed by atoms with E-state index in [0.29, 0.717) is 25.2 Å². The zero-order valence-corrected chi connectivity index (χ0v) is 20.7. The molecule has 2 atom stereocenters. The van der Waals surface area contributed by atoms with Crippen LogP contribution in [0.15, 0.2) is 91.3 Å². The number of nitrogens with zero attached hydrogens (tertiary/aromatic N) is 3. The van der Waals surface area contributed by atoms with Crippen molar-refractivity contribution >= 4 is 22.6 Å². The van der Waals surface area contributed by atoms with Crippen molar-refractivity contribution in [1.82, 2.24) is 20.1 Å². The van der Waals surface area contributed by atoms with Crippen molar-refractivity contribution in [2.45, 2.75) is 18.5 Å². The Morgan fingerprint density at radius 2 is 1.73 bits per heavy atom. The van der Waals surface area contributed by atoms with Crippen LogP contribution in [0.25, 0.3) is 10.8 Å². The molecule has 37 heavy (non-hydrogen) atoms. The summed E-state index contributed by atoms with van der Waals surface area (Å²) in [6.45, 7) is 1.38. The molecule has 0 spiro atoms. The Kier molecular flexibility index (Phi) is 7.23. The monoisotopic (exact) mass is 496 g/mol. The average Bonchev–Trinajstić information content (AvgIpc) is 2.94. The molecular weight excluding hydrogens is 467 g/mol. The minimum absolute atomic E-state index is 0.104. The molecular formula is C30H29FN4O2. The van der Waals surface area contributed by atoms with Gasteiger partial charge in [0.05, 0.1) is 11.6 Å². The summed E-state index contributed by atoms with van der Waals surface area (Å²) in [7, 11) is 1.61. The van der Waals surface area contributed by atoms with Gasteiger partial charge in [0.15, 0.2) is 0 Å². The van der Waals surface area contributed by atoms with Gasteiger partial charge in [-0.15, -0.1) is 0 Å². The highest BCUT2D eigenvalue weighted by molar-refractivity contribution is 6.06. The second kappa shape index (κ2) is 10.9. The molecule has 0 bridgehead atoms. The molecule has 1 aliphatic heterocycles. The van der Waals surface area contributed by atoms with Gasteiger partial charge in [-0.25, -0.2) is 4.39 Å². The van der Waals surface area contributed by atoms with Crippen LogP contribution in [0.1, 0.15) is 33.9 Å². The van der Waals surface area contributed by atoms with E-state index >= 15 is 0 Å². The van der Waals surface area contributed by atoms with E-state index in [1.54, 1.807) is 36.5 Å². The van der Waals surface area contributed by atoms with Crippen LogP contribution in [0.5, 0.6) is 0 Å². The predicted octanol–water partition coefficient (Wildman–Crippen LogP) is 4.43. The van der Waals surface area contributed by atoms with E-state index in [9.17, 15) is 14.0 Å². The lowest BCUT2D eigenvalue weighted by Gasteiger charge is -2.45. The zero-order chi connectivity index (χ0) is 25.8. The van der Waals surface area contributed by atoms with Crippen molar-refractivity contribution in [3.8, 4) is 0 Å². The van der Waals surface area contributed by atoms with Crippen LogP contribution in [-0.2, 0) is 4.79 Å². The summed E-state index contributed by atoms with van der Waals surface area (Å²) in [6.07, 6.45) is 3.58. The molecule has 1 aromatic heterocycles. The number of fused-ring (bicyclic) bond motifs is 1. The van der Waals surface area contributed by atoms with Crippen LogP contribution in [0, 0.1) is 5.82 Å². The third kappa shape index (κ3) is 5.22. The molecule has 0 saturated carbocycles. The van der Waals surface area contributed by atoms with E-state index in [4.69, 9.17) is 0 Å². The maximum atomic E-state index is 14.3. The van der Waals surface area contributed by atoms with Gasteiger partial charge in [0.2, 0.25) is 5.91 Å². The lowest BCUT2D eigenvalue weighted by Crippen LogP contribution is -2.56. The quantitative estimate of drug-likeness (QED) is 0.429. The Labute approximate surface area is 215 Å². The molecule has 1 saturated heterocycles. The fourth-order valence-electron chi connectivity index (χ4n) is 5.24. The van der Waals surface area contributed by atoms with Crippen molar-refractivity contribution in [1.29, 1.82) is 0 Å². The molecule has 0 aliphatic carbocycles. The molecule has 5 rings (SSSR count). The van der Waals surface area contributed by atoms with Crippen molar-refractivity contribution in [3.63, 3.8) is 0 Å². The average molecular weight is 497 g/mol. The molecule has 0 radical (unpaired) electrons. The van der Waals surface area contributed by atoms with Gasteiger partial charge in [0.1, 0.15) is 5.82 Å². The molecule has 1 N–H and O–H groups in total. The molecule has 3 aromatic carbocycles.